The van der Waals surface area contributed by atoms with Crippen molar-refractivity contribution in [3.8, 4) is 0 Å². The molecule has 1 amide bonds. The van der Waals surface area contributed by atoms with Crippen molar-refractivity contribution in [3.63, 3.8) is 0 Å². The lowest BCUT2D eigenvalue weighted by Gasteiger charge is -2.35. The summed E-state index contributed by atoms with van der Waals surface area (Å²) in [6, 6.07) is 5.48. The van der Waals surface area contributed by atoms with Crippen molar-refractivity contribution >= 4 is 34.8 Å². The zero-order valence-electron chi connectivity index (χ0n) is 14.6. The fraction of sp³-hybridized carbons (Fsp3) is 0.412. The SMILES string of the molecule is O=C(CCn1cc([N+](=O)[O-])cn1)N1CCN(Cc2ccc(Cl)cc2Cl)CC1. The summed E-state index contributed by atoms with van der Waals surface area (Å²) in [7, 11) is 0. The molecule has 0 spiro atoms. The molecule has 0 radical (unpaired) electrons. The molecule has 0 N–H and O–H groups in total. The molecule has 1 aliphatic heterocycles. The standard InChI is InChI=1S/C17H19Cl2N5O3/c18-14-2-1-13(16(19)9-14)11-21-5-7-22(8-6-21)17(25)3-4-23-12-15(10-20-23)24(26)27/h1-2,9-10,12H,3-8,11H2. The van der Waals surface area contributed by atoms with Crippen LogP contribution in [0, 0.1) is 10.1 Å². The van der Waals surface area contributed by atoms with Gasteiger partial charge in [-0.1, -0.05) is 29.3 Å². The molecule has 1 aliphatic rings. The normalized spacial score (nSPS) is 15.1. The van der Waals surface area contributed by atoms with E-state index in [0.717, 1.165) is 25.2 Å². The number of nitro groups is 1. The van der Waals surface area contributed by atoms with Crippen molar-refractivity contribution in [1.82, 2.24) is 19.6 Å². The van der Waals surface area contributed by atoms with Crippen molar-refractivity contribution in [2.75, 3.05) is 26.2 Å². The molecule has 2 heterocycles. The van der Waals surface area contributed by atoms with Gasteiger partial charge in [0.2, 0.25) is 5.91 Å². The van der Waals surface area contributed by atoms with Crippen LogP contribution < -0.4 is 0 Å². The lowest BCUT2D eigenvalue weighted by atomic mass is 10.2. The van der Waals surface area contributed by atoms with Gasteiger partial charge in [-0.15, -0.1) is 0 Å². The predicted octanol–water partition coefficient (Wildman–Crippen LogP) is 2.83. The van der Waals surface area contributed by atoms with Gasteiger partial charge >= 0.3 is 5.69 Å². The molecule has 144 valence electrons. The summed E-state index contributed by atoms with van der Waals surface area (Å²) in [5.41, 5.74) is 0.943. The van der Waals surface area contributed by atoms with E-state index < -0.39 is 4.92 Å². The van der Waals surface area contributed by atoms with E-state index in [1.807, 2.05) is 17.0 Å². The van der Waals surface area contributed by atoms with E-state index in [1.165, 1.54) is 17.1 Å². The van der Waals surface area contributed by atoms with Crippen molar-refractivity contribution in [2.45, 2.75) is 19.5 Å². The Bertz CT molecular complexity index is 834. The van der Waals surface area contributed by atoms with Crippen LogP contribution in [0.25, 0.3) is 0 Å². The van der Waals surface area contributed by atoms with Crippen LogP contribution >= 0.6 is 23.2 Å². The number of rotatable bonds is 6. The van der Waals surface area contributed by atoms with Crippen LogP contribution in [-0.2, 0) is 17.9 Å². The first-order valence-corrected chi connectivity index (χ1v) is 9.29. The lowest BCUT2D eigenvalue weighted by Crippen LogP contribution is -2.48. The number of hydrogen-bond acceptors (Lipinski definition) is 5. The molecule has 27 heavy (non-hydrogen) atoms. The van der Waals surface area contributed by atoms with Gasteiger partial charge in [0.1, 0.15) is 12.4 Å². The number of benzene rings is 1. The Morgan fingerprint density at radius 1 is 1.22 bits per heavy atom. The minimum atomic E-state index is -0.502. The van der Waals surface area contributed by atoms with Crippen LogP contribution in [0.3, 0.4) is 0 Å². The van der Waals surface area contributed by atoms with Gasteiger partial charge in [0.25, 0.3) is 0 Å². The zero-order chi connectivity index (χ0) is 19.4. The van der Waals surface area contributed by atoms with Crippen LogP contribution in [0.1, 0.15) is 12.0 Å². The van der Waals surface area contributed by atoms with Gasteiger partial charge in [0.05, 0.1) is 4.92 Å². The van der Waals surface area contributed by atoms with Crippen molar-refractivity contribution < 1.29 is 9.72 Å². The average molecular weight is 412 g/mol. The van der Waals surface area contributed by atoms with Gasteiger partial charge in [0, 0.05) is 55.7 Å². The Kier molecular flexibility index (Phi) is 6.30. The van der Waals surface area contributed by atoms with Gasteiger partial charge in [-0.05, 0) is 17.7 Å². The third-order valence-corrected chi connectivity index (χ3v) is 5.11. The number of halogens is 2. The second kappa shape index (κ2) is 8.69. The minimum Gasteiger partial charge on any atom is -0.340 e. The fourth-order valence-electron chi connectivity index (χ4n) is 2.98. The highest BCUT2D eigenvalue weighted by atomic mass is 35.5. The Morgan fingerprint density at radius 2 is 1.96 bits per heavy atom. The van der Waals surface area contributed by atoms with Gasteiger partial charge in [-0.3, -0.25) is 24.5 Å². The van der Waals surface area contributed by atoms with Crippen LogP contribution in [0.5, 0.6) is 0 Å². The average Bonchev–Trinajstić information content (AvgIpc) is 3.12. The first kappa shape index (κ1) is 19.6. The summed E-state index contributed by atoms with van der Waals surface area (Å²) < 4.78 is 1.43. The maximum Gasteiger partial charge on any atom is 0.306 e. The molecular weight excluding hydrogens is 393 g/mol. The highest BCUT2D eigenvalue weighted by molar-refractivity contribution is 6.35. The number of hydrogen-bond donors (Lipinski definition) is 0. The molecule has 0 aliphatic carbocycles. The number of piperazine rings is 1. The predicted molar refractivity (Wildman–Crippen MR) is 102 cm³/mol. The molecule has 1 aromatic heterocycles. The van der Waals surface area contributed by atoms with E-state index in [4.69, 9.17) is 23.2 Å². The topological polar surface area (TPSA) is 84.5 Å². The number of aromatic nitrogens is 2. The van der Waals surface area contributed by atoms with E-state index in [1.54, 1.807) is 6.07 Å². The number of carbonyl (C=O) groups is 1. The summed E-state index contributed by atoms with van der Waals surface area (Å²) >= 11 is 12.1. The quantitative estimate of drug-likeness (QED) is 0.538. The first-order chi connectivity index (χ1) is 12.9. The summed E-state index contributed by atoms with van der Waals surface area (Å²) in [5.74, 6) is 0.0253. The molecule has 1 aromatic carbocycles. The van der Waals surface area contributed by atoms with E-state index >= 15 is 0 Å². The summed E-state index contributed by atoms with van der Waals surface area (Å²) in [5, 5.41) is 15.8. The fourth-order valence-corrected chi connectivity index (χ4v) is 3.45. The smallest absolute Gasteiger partial charge is 0.306 e. The van der Waals surface area contributed by atoms with Gasteiger partial charge in [-0.25, -0.2) is 0 Å². The molecule has 8 nitrogen and oxygen atoms in total. The van der Waals surface area contributed by atoms with E-state index in [0.29, 0.717) is 29.7 Å². The second-order valence-electron chi connectivity index (χ2n) is 6.36. The van der Waals surface area contributed by atoms with Crippen molar-refractivity contribution in [3.05, 3.63) is 56.3 Å². The minimum absolute atomic E-state index is 0.0253. The molecule has 0 atom stereocenters. The monoisotopic (exact) mass is 411 g/mol. The van der Waals surface area contributed by atoms with E-state index in [9.17, 15) is 14.9 Å². The largest absolute Gasteiger partial charge is 0.340 e. The number of carbonyl (C=O) groups excluding carboxylic acids is 1. The molecule has 0 unspecified atom stereocenters. The Labute approximate surface area is 166 Å². The van der Waals surface area contributed by atoms with Crippen LogP contribution in [0.2, 0.25) is 10.0 Å². The highest BCUT2D eigenvalue weighted by Gasteiger charge is 2.21. The molecule has 2 aromatic rings. The molecule has 0 saturated carbocycles. The first-order valence-electron chi connectivity index (χ1n) is 8.53. The second-order valence-corrected chi connectivity index (χ2v) is 7.21. The molecule has 3 rings (SSSR count). The highest BCUT2D eigenvalue weighted by Crippen LogP contribution is 2.22. The zero-order valence-corrected chi connectivity index (χ0v) is 16.1. The number of nitrogens with zero attached hydrogens (tertiary/aromatic N) is 5. The van der Waals surface area contributed by atoms with Crippen LogP contribution in [-0.4, -0.2) is 56.6 Å². The van der Waals surface area contributed by atoms with Crippen molar-refractivity contribution in [2.24, 2.45) is 0 Å². The molecule has 1 fully saturated rings. The van der Waals surface area contributed by atoms with Crippen LogP contribution in [0.4, 0.5) is 5.69 Å². The van der Waals surface area contributed by atoms with Gasteiger partial charge in [0.15, 0.2) is 0 Å². The molecular formula is C17H19Cl2N5O3. The third kappa shape index (κ3) is 5.18. The van der Waals surface area contributed by atoms with Gasteiger partial charge < -0.3 is 4.90 Å². The third-order valence-electron chi connectivity index (χ3n) is 4.52. The molecule has 0 bridgehead atoms. The molecule has 10 heteroatoms. The van der Waals surface area contributed by atoms with Gasteiger partial charge in [-0.2, -0.15) is 5.10 Å². The van der Waals surface area contributed by atoms with E-state index in [2.05, 4.69) is 10.00 Å². The van der Waals surface area contributed by atoms with Crippen LogP contribution in [0.15, 0.2) is 30.6 Å². The molecule has 1 saturated heterocycles. The van der Waals surface area contributed by atoms with E-state index in [-0.39, 0.29) is 18.0 Å². The Hall–Kier alpha value is -2.16. The summed E-state index contributed by atoms with van der Waals surface area (Å²) in [6.07, 6.45) is 2.79. The maximum absolute atomic E-state index is 12.4. The summed E-state index contributed by atoms with van der Waals surface area (Å²) in [4.78, 5) is 26.6. The Morgan fingerprint density at radius 3 is 2.59 bits per heavy atom. The summed E-state index contributed by atoms with van der Waals surface area (Å²) in [6.45, 7) is 3.85. The lowest BCUT2D eigenvalue weighted by molar-refractivity contribution is -0.385. The van der Waals surface area contributed by atoms with Crippen molar-refractivity contribution in [1.29, 1.82) is 0 Å². The maximum atomic E-state index is 12.4. The number of aryl methyl sites for hydroxylation is 1. The Balaban J connectivity index is 1.45. The number of amides is 1.